The number of hydrogen-bond acceptors (Lipinski definition) is 5. The molecule has 4 rings (SSSR count). The molecule has 27 heavy (non-hydrogen) atoms. The molecule has 2 aliphatic heterocycles. The largest absolute Gasteiger partial charge is 0.379 e. The van der Waals surface area contributed by atoms with Crippen molar-refractivity contribution < 1.29 is 9.53 Å². The van der Waals surface area contributed by atoms with Gasteiger partial charge in [-0.05, 0) is 25.7 Å². The summed E-state index contributed by atoms with van der Waals surface area (Å²) in [6, 6.07) is 0. The lowest BCUT2D eigenvalue weighted by Crippen LogP contribution is -2.43. The molecule has 3 aliphatic rings. The Balaban J connectivity index is 1.39. The molecule has 0 N–H and O–H groups in total. The monoisotopic (exact) mass is 375 g/mol. The van der Waals surface area contributed by atoms with E-state index in [9.17, 15) is 4.79 Å². The van der Waals surface area contributed by atoms with Crippen LogP contribution in [0, 0.1) is 5.92 Å². The molecule has 0 radical (unpaired) electrons. The van der Waals surface area contributed by atoms with E-state index in [1.165, 1.54) is 19.3 Å². The Morgan fingerprint density at radius 1 is 1.04 bits per heavy atom. The first-order valence-corrected chi connectivity index (χ1v) is 10.7. The summed E-state index contributed by atoms with van der Waals surface area (Å²) in [5.41, 5.74) is 0. The number of rotatable bonds is 4. The van der Waals surface area contributed by atoms with Crippen LogP contribution in [0.1, 0.15) is 62.5 Å². The minimum atomic E-state index is 0.258. The van der Waals surface area contributed by atoms with Crippen molar-refractivity contribution in [3.05, 3.63) is 11.6 Å². The molecule has 2 saturated heterocycles. The maximum Gasteiger partial charge on any atom is 0.225 e. The first-order chi connectivity index (χ1) is 13.2. The van der Waals surface area contributed by atoms with Crippen LogP contribution in [0.25, 0.3) is 0 Å². The molecular formula is C20H33N5O2. The van der Waals surface area contributed by atoms with Gasteiger partial charge in [0, 0.05) is 45.1 Å². The van der Waals surface area contributed by atoms with Gasteiger partial charge in [-0.1, -0.05) is 19.3 Å². The number of hydrogen-bond donors (Lipinski definition) is 0. The molecule has 1 amide bonds. The second-order valence-corrected chi connectivity index (χ2v) is 8.38. The summed E-state index contributed by atoms with van der Waals surface area (Å²) in [4.78, 5) is 17.4. The van der Waals surface area contributed by atoms with Crippen molar-refractivity contribution in [3.63, 3.8) is 0 Å². The third-order valence-electron chi connectivity index (χ3n) is 6.52. The number of carbonyl (C=O) groups excluding carboxylic acids is 1. The number of ether oxygens (including phenoxy) is 1. The van der Waals surface area contributed by atoms with E-state index in [1.54, 1.807) is 0 Å². The van der Waals surface area contributed by atoms with Crippen LogP contribution in [0.4, 0.5) is 0 Å². The maximum absolute atomic E-state index is 12.9. The fourth-order valence-corrected chi connectivity index (χ4v) is 4.82. The number of likely N-dealkylation sites (tertiary alicyclic amines) is 1. The van der Waals surface area contributed by atoms with E-state index in [4.69, 9.17) is 4.74 Å². The molecule has 0 spiro atoms. The van der Waals surface area contributed by atoms with Gasteiger partial charge < -0.3 is 14.2 Å². The van der Waals surface area contributed by atoms with E-state index >= 15 is 0 Å². The van der Waals surface area contributed by atoms with Crippen LogP contribution < -0.4 is 0 Å². The molecule has 1 aromatic heterocycles. The Morgan fingerprint density at radius 3 is 2.59 bits per heavy atom. The van der Waals surface area contributed by atoms with Crippen molar-refractivity contribution in [2.45, 2.75) is 57.4 Å². The molecule has 0 bridgehead atoms. The number of carbonyl (C=O) groups is 1. The van der Waals surface area contributed by atoms with E-state index in [-0.39, 0.29) is 5.92 Å². The van der Waals surface area contributed by atoms with Crippen LogP contribution in [-0.4, -0.2) is 69.9 Å². The Bertz CT molecular complexity index is 634. The third kappa shape index (κ3) is 4.35. The number of morpholine rings is 1. The Kier molecular flexibility index (Phi) is 6.08. The highest BCUT2D eigenvalue weighted by Gasteiger charge is 2.32. The minimum absolute atomic E-state index is 0.258. The first kappa shape index (κ1) is 18.9. The van der Waals surface area contributed by atoms with Crippen LogP contribution in [0.15, 0.2) is 0 Å². The first-order valence-electron chi connectivity index (χ1n) is 10.7. The van der Waals surface area contributed by atoms with E-state index < -0.39 is 0 Å². The van der Waals surface area contributed by atoms with E-state index in [2.05, 4.69) is 31.6 Å². The van der Waals surface area contributed by atoms with E-state index in [0.29, 0.717) is 11.8 Å². The molecule has 3 heterocycles. The lowest BCUT2D eigenvalue weighted by molar-refractivity contribution is -0.137. The average molecular weight is 376 g/mol. The summed E-state index contributed by atoms with van der Waals surface area (Å²) < 4.78 is 7.59. The molecule has 0 aromatic carbocycles. The topological polar surface area (TPSA) is 63.5 Å². The van der Waals surface area contributed by atoms with Gasteiger partial charge in [-0.25, -0.2) is 0 Å². The van der Waals surface area contributed by atoms with Crippen molar-refractivity contribution in [1.82, 2.24) is 24.6 Å². The van der Waals surface area contributed by atoms with Crippen molar-refractivity contribution in [2.24, 2.45) is 13.0 Å². The van der Waals surface area contributed by atoms with Crippen molar-refractivity contribution in [3.8, 4) is 0 Å². The van der Waals surface area contributed by atoms with E-state index in [1.807, 2.05) is 0 Å². The predicted molar refractivity (Wildman–Crippen MR) is 102 cm³/mol. The van der Waals surface area contributed by atoms with Gasteiger partial charge in [0.05, 0.1) is 19.8 Å². The molecule has 1 saturated carbocycles. The quantitative estimate of drug-likeness (QED) is 0.805. The lowest BCUT2D eigenvalue weighted by atomic mass is 9.87. The average Bonchev–Trinajstić information content (AvgIpc) is 3.09. The normalized spacial score (nSPS) is 25.7. The summed E-state index contributed by atoms with van der Waals surface area (Å²) in [6.07, 6.45) is 8.02. The third-order valence-corrected chi connectivity index (χ3v) is 6.52. The Labute approximate surface area is 162 Å². The lowest BCUT2D eigenvalue weighted by Gasteiger charge is -2.35. The van der Waals surface area contributed by atoms with Crippen LogP contribution >= 0.6 is 0 Å². The molecule has 7 heteroatoms. The standard InChI is InChI=1S/C20H33N5O2/c1-23-18(15-24-10-12-27-13-11-24)21-22-19(23)17-8-5-9-25(14-17)20(26)16-6-3-2-4-7-16/h16-17H,2-15H2,1H3. The highest BCUT2D eigenvalue weighted by molar-refractivity contribution is 5.79. The molecule has 1 unspecified atom stereocenters. The summed E-state index contributed by atoms with van der Waals surface area (Å²) in [6.45, 7) is 6.04. The second-order valence-electron chi connectivity index (χ2n) is 8.38. The Morgan fingerprint density at radius 2 is 1.81 bits per heavy atom. The fraction of sp³-hybridized carbons (Fsp3) is 0.850. The van der Waals surface area contributed by atoms with Crippen LogP contribution in [0.3, 0.4) is 0 Å². The van der Waals surface area contributed by atoms with Gasteiger partial charge >= 0.3 is 0 Å². The zero-order valence-corrected chi connectivity index (χ0v) is 16.6. The summed E-state index contributed by atoms with van der Waals surface area (Å²) in [5.74, 6) is 3.01. The van der Waals surface area contributed by atoms with Gasteiger partial charge in [0.2, 0.25) is 5.91 Å². The summed E-state index contributed by atoms with van der Waals surface area (Å²) in [7, 11) is 2.08. The van der Waals surface area contributed by atoms with Gasteiger partial charge in [0.1, 0.15) is 11.6 Å². The van der Waals surface area contributed by atoms with Gasteiger partial charge in [-0.15, -0.1) is 10.2 Å². The molecular weight excluding hydrogens is 342 g/mol. The number of amides is 1. The van der Waals surface area contributed by atoms with Gasteiger partial charge in [0.15, 0.2) is 0 Å². The van der Waals surface area contributed by atoms with Crippen molar-refractivity contribution in [1.29, 1.82) is 0 Å². The summed E-state index contributed by atoms with van der Waals surface area (Å²) in [5, 5.41) is 9.00. The molecule has 3 fully saturated rings. The SMILES string of the molecule is Cn1c(CN2CCOCC2)nnc1C1CCCN(C(=O)C2CCCCC2)C1. The van der Waals surface area contributed by atoms with Crippen LogP contribution in [0.5, 0.6) is 0 Å². The fourth-order valence-electron chi connectivity index (χ4n) is 4.82. The molecule has 1 aliphatic carbocycles. The van der Waals surface area contributed by atoms with Crippen LogP contribution in [-0.2, 0) is 23.1 Å². The molecule has 150 valence electrons. The van der Waals surface area contributed by atoms with Crippen molar-refractivity contribution >= 4 is 5.91 Å². The number of piperidine rings is 1. The number of aromatic nitrogens is 3. The minimum Gasteiger partial charge on any atom is -0.379 e. The second kappa shape index (κ2) is 8.69. The zero-order chi connectivity index (χ0) is 18.6. The molecule has 1 atom stereocenters. The maximum atomic E-state index is 12.9. The highest BCUT2D eigenvalue weighted by atomic mass is 16.5. The molecule has 1 aromatic rings. The van der Waals surface area contributed by atoms with Crippen molar-refractivity contribution in [2.75, 3.05) is 39.4 Å². The van der Waals surface area contributed by atoms with Gasteiger partial charge in [-0.2, -0.15) is 0 Å². The Hall–Kier alpha value is -1.47. The van der Waals surface area contributed by atoms with E-state index in [0.717, 1.165) is 83.3 Å². The smallest absolute Gasteiger partial charge is 0.225 e. The van der Waals surface area contributed by atoms with Gasteiger partial charge in [-0.3, -0.25) is 9.69 Å². The zero-order valence-electron chi connectivity index (χ0n) is 16.6. The molecule has 7 nitrogen and oxygen atoms in total. The predicted octanol–water partition coefficient (Wildman–Crippen LogP) is 1.93. The summed E-state index contributed by atoms with van der Waals surface area (Å²) >= 11 is 0. The van der Waals surface area contributed by atoms with Crippen LogP contribution in [0.2, 0.25) is 0 Å². The van der Waals surface area contributed by atoms with Gasteiger partial charge in [0.25, 0.3) is 0 Å². The highest BCUT2D eigenvalue weighted by Crippen LogP contribution is 2.30. The number of nitrogens with zero attached hydrogens (tertiary/aromatic N) is 5.